The Morgan fingerprint density at radius 2 is 1.74 bits per heavy atom. The van der Waals surface area contributed by atoms with Gasteiger partial charge in [-0.05, 0) is 41.8 Å². The minimum absolute atomic E-state index is 0.0724. The number of carbonyl (C=O) groups is 2. The minimum Gasteiger partial charge on any atom is -0.507 e. The van der Waals surface area contributed by atoms with Crippen LogP contribution in [0.25, 0.3) is 5.76 Å². The number of Topliss-reactive ketones (excluding diaryl/α,β-unsaturated/α-hetero) is 1. The Bertz CT molecular complexity index is 1210. The van der Waals surface area contributed by atoms with Crippen molar-refractivity contribution in [3.05, 3.63) is 97.2 Å². The molecular formula is C22H13Cl2F2NO3S. The number of amides is 1. The smallest absolute Gasteiger partial charge is 0.295 e. The van der Waals surface area contributed by atoms with E-state index < -0.39 is 35.1 Å². The van der Waals surface area contributed by atoms with Crippen molar-refractivity contribution in [1.82, 2.24) is 4.90 Å². The molecule has 9 heteroatoms. The van der Waals surface area contributed by atoms with Gasteiger partial charge in [-0.25, -0.2) is 8.78 Å². The van der Waals surface area contributed by atoms with E-state index in [1.165, 1.54) is 16.2 Å². The molecule has 1 aliphatic rings. The highest BCUT2D eigenvalue weighted by atomic mass is 35.5. The molecule has 0 aliphatic carbocycles. The molecule has 2 aromatic carbocycles. The zero-order valence-electron chi connectivity index (χ0n) is 15.6. The van der Waals surface area contributed by atoms with E-state index in [4.69, 9.17) is 23.2 Å². The molecule has 1 aliphatic heterocycles. The topological polar surface area (TPSA) is 57.6 Å². The second-order valence-corrected chi connectivity index (χ2v) is 8.62. The van der Waals surface area contributed by atoms with Crippen molar-refractivity contribution in [2.75, 3.05) is 0 Å². The van der Waals surface area contributed by atoms with Gasteiger partial charge in [0, 0.05) is 26.0 Å². The molecule has 0 bridgehead atoms. The first-order valence-corrected chi connectivity index (χ1v) is 10.6. The van der Waals surface area contributed by atoms with Gasteiger partial charge in [0.05, 0.1) is 18.2 Å². The van der Waals surface area contributed by atoms with Crippen LogP contribution in [-0.4, -0.2) is 21.7 Å². The molecule has 1 aromatic heterocycles. The molecule has 0 radical (unpaired) electrons. The third kappa shape index (κ3) is 3.84. The highest BCUT2D eigenvalue weighted by molar-refractivity contribution is 7.09. The van der Waals surface area contributed by atoms with Crippen LogP contribution in [0.15, 0.2) is 59.5 Å². The van der Waals surface area contributed by atoms with Crippen LogP contribution in [0.1, 0.15) is 22.0 Å². The predicted octanol–water partition coefficient (Wildman–Crippen LogP) is 5.96. The predicted molar refractivity (Wildman–Crippen MR) is 115 cm³/mol. The van der Waals surface area contributed by atoms with Gasteiger partial charge in [-0.15, -0.1) is 11.3 Å². The van der Waals surface area contributed by atoms with Crippen molar-refractivity contribution in [2.45, 2.75) is 12.6 Å². The van der Waals surface area contributed by atoms with Crippen LogP contribution in [0.3, 0.4) is 0 Å². The van der Waals surface area contributed by atoms with Gasteiger partial charge in [0.25, 0.3) is 11.7 Å². The molecule has 0 saturated carbocycles. The number of aliphatic hydroxyl groups is 1. The molecule has 1 saturated heterocycles. The van der Waals surface area contributed by atoms with Crippen LogP contribution >= 0.6 is 34.5 Å². The highest BCUT2D eigenvalue weighted by Crippen LogP contribution is 2.45. The van der Waals surface area contributed by atoms with Crippen LogP contribution in [-0.2, 0) is 16.1 Å². The normalized spacial score (nSPS) is 18.1. The van der Waals surface area contributed by atoms with E-state index in [0.29, 0.717) is 0 Å². The number of halogens is 4. The Morgan fingerprint density at radius 1 is 1.03 bits per heavy atom. The number of ketones is 1. The van der Waals surface area contributed by atoms with E-state index in [-0.39, 0.29) is 33.3 Å². The summed E-state index contributed by atoms with van der Waals surface area (Å²) in [4.78, 5) is 27.9. The Hall–Kier alpha value is -2.74. The number of thiophene rings is 1. The Labute approximate surface area is 189 Å². The summed E-state index contributed by atoms with van der Waals surface area (Å²) in [6, 6.07) is 9.88. The number of nitrogens with zero attached hydrogens (tertiary/aromatic N) is 1. The number of rotatable bonds is 4. The van der Waals surface area contributed by atoms with Gasteiger partial charge < -0.3 is 10.0 Å². The molecular weight excluding hydrogens is 467 g/mol. The number of hydrogen-bond acceptors (Lipinski definition) is 4. The van der Waals surface area contributed by atoms with Gasteiger partial charge in [0.2, 0.25) is 0 Å². The van der Waals surface area contributed by atoms with Crippen molar-refractivity contribution in [1.29, 1.82) is 0 Å². The third-order valence-corrected chi connectivity index (χ3v) is 6.43. The molecule has 1 amide bonds. The summed E-state index contributed by atoms with van der Waals surface area (Å²) >= 11 is 14.1. The Kier molecular flexibility index (Phi) is 5.83. The summed E-state index contributed by atoms with van der Waals surface area (Å²) in [6.07, 6.45) is 0. The summed E-state index contributed by atoms with van der Waals surface area (Å²) in [7, 11) is 0. The van der Waals surface area contributed by atoms with Gasteiger partial charge in [-0.2, -0.15) is 0 Å². The first-order valence-electron chi connectivity index (χ1n) is 8.99. The molecule has 4 nitrogen and oxygen atoms in total. The van der Waals surface area contributed by atoms with Crippen LogP contribution in [0.2, 0.25) is 10.0 Å². The first kappa shape index (κ1) is 21.5. The fourth-order valence-electron chi connectivity index (χ4n) is 3.48. The molecule has 0 spiro atoms. The number of aliphatic hydroxyl groups excluding tert-OH is 1. The van der Waals surface area contributed by atoms with Gasteiger partial charge in [0.1, 0.15) is 5.76 Å². The molecule has 31 heavy (non-hydrogen) atoms. The van der Waals surface area contributed by atoms with E-state index in [1.807, 2.05) is 5.38 Å². The van der Waals surface area contributed by atoms with Crippen LogP contribution in [0.5, 0.6) is 0 Å². The lowest BCUT2D eigenvalue weighted by atomic mass is 9.95. The Balaban J connectivity index is 1.94. The average Bonchev–Trinajstić information content (AvgIpc) is 3.32. The van der Waals surface area contributed by atoms with Crippen molar-refractivity contribution in [3.63, 3.8) is 0 Å². The number of likely N-dealkylation sites (tertiary alicyclic amines) is 1. The maximum Gasteiger partial charge on any atom is 0.295 e. The molecule has 2 heterocycles. The lowest BCUT2D eigenvalue weighted by Gasteiger charge is -2.26. The van der Waals surface area contributed by atoms with Gasteiger partial charge >= 0.3 is 0 Å². The SMILES string of the molecule is O=C1C(=O)N(Cc2cccs2)C(c2c(Cl)cccc2Cl)/C1=C(\O)c1ccc(F)c(F)c1. The van der Waals surface area contributed by atoms with E-state index in [9.17, 15) is 23.5 Å². The lowest BCUT2D eigenvalue weighted by Crippen LogP contribution is -2.29. The number of hydrogen-bond donors (Lipinski definition) is 1. The fourth-order valence-corrected chi connectivity index (χ4v) is 4.79. The minimum atomic E-state index is -1.20. The van der Waals surface area contributed by atoms with E-state index in [2.05, 4.69) is 0 Å². The van der Waals surface area contributed by atoms with Crippen molar-refractivity contribution < 1.29 is 23.5 Å². The van der Waals surface area contributed by atoms with Crippen LogP contribution in [0.4, 0.5) is 8.78 Å². The summed E-state index contributed by atoms with van der Waals surface area (Å²) < 4.78 is 27.1. The van der Waals surface area contributed by atoms with E-state index in [0.717, 1.165) is 23.1 Å². The van der Waals surface area contributed by atoms with Gasteiger partial charge in [-0.1, -0.05) is 35.3 Å². The lowest BCUT2D eigenvalue weighted by molar-refractivity contribution is -0.140. The molecule has 4 rings (SSSR count). The molecule has 3 aromatic rings. The molecule has 1 atom stereocenters. The van der Waals surface area contributed by atoms with Crippen LogP contribution in [0, 0.1) is 11.6 Å². The first-order chi connectivity index (χ1) is 14.8. The summed E-state index contributed by atoms with van der Waals surface area (Å²) in [5.41, 5.74) is -0.200. The van der Waals surface area contributed by atoms with E-state index in [1.54, 1.807) is 30.3 Å². The quantitative estimate of drug-likeness (QED) is 0.285. The van der Waals surface area contributed by atoms with Crippen LogP contribution < -0.4 is 0 Å². The summed E-state index contributed by atoms with van der Waals surface area (Å²) in [6.45, 7) is 0.0724. The van der Waals surface area contributed by atoms with E-state index >= 15 is 0 Å². The highest BCUT2D eigenvalue weighted by Gasteiger charge is 2.47. The fraction of sp³-hybridized carbons (Fsp3) is 0.0909. The average molecular weight is 480 g/mol. The maximum atomic E-state index is 13.8. The van der Waals surface area contributed by atoms with Crippen molar-refractivity contribution in [2.24, 2.45) is 0 Å². The van der Waals surface area contributed by atoms with Gasteiger partial charge in [0.15, 0.2) is 11.6 Å². The zero-order valence-corrected chi connectivity index (χ0v) is 17.9. The van der Waals surface area contributed by atoms with Crippen molar-refractivity contribution in [3.8, 4) is 0 Å². The molecule has 1 fully saturated rings. The third-order valence-electron chi connectivity index (χ3n) is 4.91. The standard InChI is InChI=1S/C22H13Cl2F2NO3S/c23-13-4-1-5-14(24)17(13)19-18(20(28)11-6-7-15(25)16(26)9-11)21(29)22(30)27(19)10-12-3-2-8-31-12/h1-9,19,28H,10H2/b20-18+. The molecule has 1 unspecified atom stereocenters. The van der Waals surface area contributed by atoms with Crippen molar-refractivity contribution >= 4 is 52.0 Å². The second-order valence-electron chi connectivity index (χ2n) is 6.77. The summed E-state index contributed by atoms with van der Waals surface area (Å²) in [5.74, 6) is -4.80. The zero-order chi connectivity index (χ0) is 22.3. The molecule has 158 valence electrons. The number of benzene rings is 2. The number of carbonyl (C=O) groups excluding carboxylic acids is 2. The van der Waals surface area contributed by atoms with Gasteiger partial charge in [-0.3, -0.25) is 9.59 Å². The Morgan fingerprint density at radius 3 is 2.35 bits per heavy atom. The maximum absolute atomic E-state index is 13.8. The largest absolute Gasteiger partial charge is 0.507 e. The molecule has 1 N–H and O–H groups in total. The summed E-state index contributed by atoms with van der Waals surface area (Å²) in [5, 5.41) is 13.1. The monoisotopic (exact) mass is 479 g/mol. The second kappa shape index (κ2) is 8.42.